The van der Waals surface area contributed by atoms with Crippen molar-refractivity contribution in [3.63, 3.8) is 0 Å². The molecule has 0 radical (unpaired) electrons. The third kappa shape index (κ3) is 2.48. The number of aromatic nitrogens is 1. The standard InChI is InChI=1S/C12H14N2O4/c1-8-2-3-9(6-13-8)11(15)14-4-5-18-7-10(14)12(16)17/h2-3,6,10H,4-5,7H2,1H3,(H,16,17). The topological polar surface area (TPSA) is 79.7 Å². The van der Waals surface area contributed by atoms with Gasteiger partial charge >= 0.3 is 5.97 Å². The number of carbonyl (C=O) groups is 2. The van der Waals surface area contributed by atoms with Gasteiger partial charge in [0.1, 0.15) is 0 Å². The number of hydrogen-bond acceptors (Lipinski definition) is 4. The van der Waals surface area contributed by atoms with Crippen LogP contribution in [0, 0.1) is 6.92 Å². The highest BCUT2D eigenvalue weighted by molar-refractivity contribution is 5.96. The Bertz CT molecular complexity index is 458. The highest BCUT2D eigenvalue weighted by Gasteiger charge is 2.33. The van der Waals surface area contributed by atoms with Crippen molar-refractivity contribution in [1.29, 1.82) is 0 Å². The van der Waals surface area contributed by atoms with Crippen LogP contribution >= 0.6 is 0 Å². The number of carboxylic acids is 1. The number of morpholine rings is 1. The second-order valence-corrected chi connectivity index (χ2v) is 4.12. The summed E-state index contributed by atoms with van der Waals surface area (Å²) in [4.78, 5) is 28.6. The second-order valence-electron chi connectivity index (χ2n) is 4.12. The van der Waals surface area contributed by atoms with Crippen molar-refractivity contribution in [1.82, 2.24) is 9.88 Å². The van der Waals surface area contributed by atoms with Gasteiger partial charge in [-0.3, -0.25) is 9.78 Å². The number of carbonyl (C=O) groups excluding carboxylic acids is 1. The quantitative estimate of drug-likeness (QED) is 0.817. The average Bonchev–Trinajstić information content (AvgIpc) is 2.39. The Balaban J connectivity index is 2.20. The number of aliphatic carboxylic acids is 1. The minimum absolute atomic E-state index is 0.0281. The molecule has 1 unspecified atom stereocenters. The third-order valence-electron chi connectivity index (χ3n) is 2.83. The summed E-state index contributed by atoms with van der Waals surface area (Å²) in [6, 6.07) is 2.45. The van der Waals surface area contributed by atoms with Gasteiger partial charge in [-0.2, -0.15) is 0 Å². The molecule has 1 amide bonds. The van der Waals surface area contributed by atoms with Crippen LogP contribution in [0.25, 0.3) is 0 Å². The second kappa shape index (κ2) is 5.14. The fraction of sp³-hybridized carbons (Fsp3) is 0.417. The van der Waals surface area contributed by atoms with Crippen LogP contribution < -0.4 is 0 Å². The fourth-order valence-corrected chi connectivity index (χ4v) is 1.81. The molecule has 0 aromatic carbocycles. The third-order valence-corrected chi connectivity index (χ3v) is 2.83. The summed E-state index contributed by atoms with van der Waals surface area (Å²) in [6.45, 7) is 2.49. The van der Waals surface area contributed by atoms with E-state index in [9.17, 15) is 9.59 Å². The molecule has 6 nitrogen and oxygen atoms in total. The van der Waals surface area contributed by atoms with Crippen LogP contribution in [0.3, 0.4) is 0 Å². The number of amides is 1. The number of rotatable bonds is 2. The normalized spacial score (nSPS) is 19.6. The summed E-state index contributed by atoms with van der Waals surface area (Å²) >= 11 is 0. The first-order chi connectivity index (χ1) is 8.59. The summed E-state index contributed by atoms with van der Waals surface area (Å²) in [7, 11) is 0. The number of nitrogens with zero attached hydrogens (tertiary/aromatic N) is 2. The maximum atomic E-state index is 12.2. The average molecular weight is 250 g/mol. The van der Waals surface area contributed by atoms with Crippen molar-refractivity contribution in [2.75, 3.05) is 19.8 Å². The Labute approximate surface area is 104 Å². The Morgan fingerprint density at radius 1 is 1.50 bits per heavy atom. The monoisotopic (exact) mass is 250 g/mol. The molecule has 96 valence electrons. The van der Waals surface area contributed by atoms with Gasteiger partial charge in [-0.05, 0) is 19.1 Å². The molecule has 1 aromatic heterocycles. The summed E-state index contributed by atoms with van der Waals surface area (Å²) in [5, 5.41) is 9.06. The SMILES string of the molecule is Cc1ccc(C(=O)N2CCOCC2C(=O)O)cn1. The van der Waals surface area contributed by atoms with Gasteiger partial charge in [-0.15, -0.1) is 0 Å². The largest absolute Gasteiger partial charge is 0.480 e. The van der Waals surface area contributed by atoms with Gasteiger partial charge in [-0.1, -0.05) is 0 Å². The minimum atomic E-state index is -1.05. The molecule has 6 heteroatoms. The Morgan fingerprint density at radius 3 is 2.89 bits per heavy atom. The van der Waals surface area contributed by atoms with E-state index < -0.39 is 12.0 Å². The van der Waals surface area contributed by atoms with Crippen LogP contribution in [0.1, 0.15) is 16.1 Å². The molecule has 18 heavy (non-hydrogen) atoms. The minimum Gasteiger partial charge on any atom is -0.480 e. The first-order valence-corrected chi connectivity index (χ1v) is 5.64. The number of hydrogen-bond donors (Lipinski definition) is 1. The number of aryl methyl sites for hydroxylation is 1. The van der Waals surface area contributed by atoms with Crippen LogP contribution in [-0.4, -0.2) is 52.7 Å². The fourth-order valence-electron chi connectivity index (χ4n) is 1.81. The zero-order valence-electron chi connectivity index (χ0n) is 10.00. The smallest absolute Gasteiger partial charge is 0.328 e. The van der Waals surface area contributed by atoms with Crippen LogP contribution in [0.5, 0.6) is 0 Å². The van der Waals surface area contributed by atoms with Crippen LogP contribution in [0.4, 0.5) is 0 Å². The van der Waals surface area contributed by atoms with E-state index in [0.717, 1.165) is 5.69 Å². The lowest BCUT2D eigenvalue weighted by atomic mass is 10.1. The van der Waals surface area contributed by atoms with E-state index in [-0.39, 0.29) is 19.1 Å². The molecule has 1 aliphatic heterocycles. The predicted molar refractivity (Wildman–Crippen MR) is 62.3 cm³/mol. The lowest BCUT2D eigenvalue weighted by Crippen LogP contribution is -2.52. The van der Waals surface area contributed by atoms with Crippen molar-refractivity contribution in [3.8, 4) is 0 Å². The lowest BCUT2D eigenvalue weighted by molar-refractivity contribution is -0.147. The van der Waals surface area contributed by atoms with Crippen LogP contribution in [-0.2, 0) is 9.53 Å². The highest BCUT2D eigenvalue weighted by Crippen LogP contribution is 2.12. The number of ether oxygens (including phenoxy) is 1. The molecule has 0 saturated carbocycles. The van der Waals surface area contributed by atoms with E-state index in [1.165, 1.54) is 11.1 Å². The van der Waals surface area contributed by atoms with Gasteiger partial charge in [0.15, 0.2) is 6.04 Å². The molecule has 2 rings (SSSR count). The van der Waals surface area contributed by atoms with E-state index in [1.54, 1.807) is 12.1 Å². The zero-order valence-corrected chi connectivity index (χ0v) is 10.00. The summed E-state index contributed by atoms with van der Waals surface area (Å²) < 4.78 is 5.09. The van der Waals surface area contributed by atoms with E-state index in [2.05, 4.69) is 4.98 Å². The van der Waals surface area contributed by atoms with Crippen molar-refractivity contribution >= 4 is 11.9 Å². The Morgan fingerprint density at radius 2 is 2.28 bits per heavy atom. The molecule has 1 atom stereocenters. The number of carboxylic acid groups (broad SMARTS) is 1. The zero-order chi connectivity index (χ0) is 13.1. The molecule has 2 heterocycles. The summed E-state index contributed by atoms with van der Waals surface area (Å²) in [5.74, 6) is -1.37. The summed E-state index contributed by atoms with van der Waals surface area (Å²) in [6.07, 6.45) is 1.46. The first kappa shape index (κ1) is 12.5. The molecular formula is C12H14N2O4. The first-order valence-electron chi connectivity index (χ1n) is 5.64. The molecule has 1 aromatic rings. The highest BCUT2D eigenvalue weighted by atomic mass is 16.5. The number of pyridine rings is 1. The van der Waals surface area contributed by atoms with Crippen molar-refractivity contribution in [3.05, 3.63) is 29.6 Å². The van der Waals surface area contributed by atoms with Crippen LogP contribution in [0.2, 0.25) is 0 Å². The van der Waals surface area contributed by atoms with Gasteiger partial charge < -0.3 is 14.7 Å². The molecule has 1 N–H and O–H groups in total. The maximum absolute atomic E-state index is 12.2. The van der Waals surface area contributed by atoms with Gasteiger partial charge in [0.2, 0.25) is 0 Å². The lowest BCUT2D eigenvalue weighted by Gasteiger charge is -2.32. The maximum Gasteiger partial charge on any atom is 0.328 e. The molecule has 0 aliphatic carbocycles. The Hall–Kier alpha value is -1.95. The Kier molecular flexibility index (Phi) is 3.57. The van der Waals surface area contributed by atoms with E-state index in [1.807, 2.05) is 6.92 Å². The van der Waals surface area contributed by atoms with E-state index >= 15 is 0 Å². The van der Waals surface area contributed by atoms with E-state index in [4.69, 9.17) is 9.84 Å². The molecule has 1 aliphatic rings. The van der Waals surface area contributed by atoms with Crippen molar-refractivity contribution in [2.24, 2.45) is 0 Å². The van der Waals surface area contributed by atoms with Crippen molar-refractivity contribution in [2.45, 2.75) is 13.0 Å². The molecule has 0 bridgehead atoms. The molecular weight excluding hydrogens is 236 g/mol. The summed E-state index contributed by atoms with van der Waals surface area (Å²) in [5.41, 5.74) is 1.21. The van der Waals surface area contributed by atoms with Gasteiger partial charge in [0, 0.05) is 18.4 Å². The molecule has 1 saturated heterocycles. The van der Waals surface area contributed by atoms with Crippen molar-refractivity contribution < 1.29 is 19.4 Å². The predicted octanol–water partition coefficient (Wildman–Crippen LogP) is 0.316. The molecule has 1 fully saturated rings. The van der Waals surface area contributed by atoms with Crippen LogP contribution in [0.15, 0.2) is 18.3 Å². The van der Waals surface area contributed by atoms with Gasteiger partial charge in [0.05, 0.1) is 18.8 Å². The van der Waals surface area contributed by atoms with E-state index in [0.29, 0.717) is 12.2 Å². The van der Waals surface area contributed by atoms with Gasteiger partial charge in [0.25, 0.3) is 5.91 Å². The van der Waals surface area contributed by atoms with Gasteiger partial charge in [-0.25, -0.2) is 4.79 Å². The molecule has 0 spiro atoms.